The van der Waals surface area contributed by atoms with Gasteiger partial charge in [0, 0.05) is 18.0 Å². The zero-order chi connectivity index (χ0) is 13.5. The number of hydrogen-bond acceptors (Lipinski definition) is 3. The topological polar surface area (TPSA) is 25.8 Å². The van der Waals surface area contributed by atoms with Crippen LogP contribution >= 0.6 is 11.3 Å². The molecule has 2 nitrogen and oxygen atoms in total. The largest absolute Gasteiger partial charge is 0.416 e. The van der Waals surface area contributed by atoms with Crippen molar-refractivity contribution < 1.29 is 13.2 Å². The van der Waals surface area contributed by atoms with E-state index in [2.05, 4.69) is 9.97 Å². The molecule has 0 atom stereocenters. The third kappa shape index (κ3) is 2.31. The lowest BCUT2D eigenvalue weighted by Gasteiger charge is -2.04. The SMILES string of the molecule is FC(F)(F)c1ccc2nc(-c3cccnc3)sc2c1. The van der Waals surface area contributed by atoms with Crippen molar-refractivity contribution in [3.63, 3.8) is 0 Å². The highest BCUT2D eigenvalue weighted by atomic mass is 32.1. The fourth-order valence-electron chi connectivity index (χ4n) is 1.71. The molecule has 0 aliphatic carbocycles. The number of pyridine rings is 1. The molecular formula is C13H7F3N2S. The minimum Gasteiger partial charge on any atom is -0.264 e. The van der Waals surface area contributed by atoms with Crippen LogP contribution in [0.15, 0.2) is 42.7 Å². The summed E-state index contributed by atoms with van der Waals surface area (Å²) < 4.78 is 38.4. The van der Waals surface area contributed by atoms with E-state index in [1.54, 1.807) is 18.5 Å². The highest BCUT2D eigenvalue weighted by molar-refractivity contribution is 7.21. The Balaban J connectivity index is 2.12. The predicted molar refractivity (Wildman–Crippen MR) is 67.9 cm³/mol. The Morgan fingerprint density at radius 1 is 1.11 bits per heavy atom. The Kier molecular flexibility index (Phi) is 2.74. The Labute approximate surface area is 110 Å². The fraction of sp³-hybridized carbons (Fsp3) is 0.0769. The minimum absolute atomic E-state index is 0.522. The molecule has 0 aliphatic heterocycles. The molecule has 0 aliphatic rings. The van der Waals surface area contributed by atoms with E-state index < -0.39 is 11.7 Å². The average Bonchev–Trinajstić information content (AvgIpc) is 2.81. The Hall–Kier alpha value is -1.95. The van der Waals surface area contributed by atoms with Gasteiger partial charge in [0.05, 0.1) is 15.8 Å². The summed E-state index contributed by atoms with van der Waals surface area (Å²) in [6, 6.07) is 7.17. The maximum atomic E-state index is 12.6. The van der Waals surface area contributed by atoms with Gasteiger partial charge in [0.25, 0.3) is 0 Å². The number of nitrogens with zero attached hydrogens (tertiary/aromatic N) is 2. The third-order valence-corrected chi connectivity index (χ3v) is 3.69. The normalized spacial score (nSPS) is 11.9. The van der Waals surface area contributed by atoms with Crippen LogP contribution in [0.25, 0.3) is 20.8 Å². The monoisotopic (exact) mass is 280 g/mol. The summed E-state index contributed by atoms with van der Waals surface area (Å²) in [4.78, 5) is 8.29. The molecule has 1 aromatic carbocycles. The van der Waals surface area contributed by atoms with Gasteiger partial charge >= 0.3 is 6.18 Å². The summed E-state index contributed by atoms with van der Waals surface area (Å²) in [5.41, 5.74) is 0.718. The lowest BCUT2D eigenvalue weighted by molar-refractivity contribution is -0.137. The summed E-state index contributed by atoms with van der Waals surface area (Å²) in [7, 11) is 0. The Morgan fingerprint density at radius 3 is 2.63 bits per heavy atom. The van der Waals surface area contributed by atoms with Crippen molar-refractivity contribution in [2.75, 3.05) is 0 Å². The quantitative estimate of drug-likeness (QED) is 0.661. The van der Waals surface area contributed by atoms with Crippen molar-refractivity contribution in [1.82, 2.24) is 9.97 Å². The van der Waals surface area contributed by atoms with Crippen LogP contribution in [0.4, 0.5) is 13.2 Å². The second kappa shape index (κ2) is 4.31. The number of aromatic nitrogens is 2. The number of halogens is 3. The van der Waals surface area contributed by atoms with Gasteiger partial charge in [-0.1, -0.05) is 0 Å². The van der Waals surface area contributed by atoms with Gasteiger partial charge in [0.2, 0.25) is 0 Å². The molecule has 96 valence electrons. The van der Waals surface area contributed by atoms with E-state index in [1.165, 1.54) is 17.4 Å². The number of rotatable bonds is 1. The van der Waals surface area contributed by atoms with Gasteiger partial charge in [0.15, 0.2) is 0 Å². The van der Waals surface area contributed by atoms with Crippen LogP contribution in [0.5, 0.6) is 0 Å². The zero-order valence-electron chi connectivity index (χ0n) is 9.48. The van der Waals surface area contributed by atoms with E-state index in [-0.39, 0.29) is 0 Å². The second-order valence-corrected chi connectivity index (χ2v) is 4.97. The lowest BCUT2D eigenvalue weighted by atomic mass is 10.2. The molecule has 0 bridgehead atoms. The highest BCUT2D eigenvalue weighted by Crippen LogP contribution is 2.35. The Bertz CT molecular complexity index is 720. The van der Waals surface area contributed by atoms with Gasteiger partial charge in [0.1, 0.15) is 5.01 Å². The fourth-order valence-corrected chi connectivity index (χ4v) is 2.71. The van der Waals surface area contributed by atoms with Crippen LogP contribution in [-0.4, -0.2) is 9.97 Å². The first kappa shape index (κ1) is 12.1. The molecule has 6 heteroatoms. The summed E-state index contributed by atoms with van der Waals surface area (Å²) in [6.07, 6.45) is -1.05. The molecule has 3 rings (SSSR count). The van der Waals surface area contributed by atoms with Crippen molar-refractivity contribution in [3.05, 3.63) is 48.3 Å². The minimum atomic E-state index is -4.33. The van der Waals surface area contributed by atoms with Crippen LogP contribution in [0.1, 0.15) is 5.56 Å². The van der Waals surface area contributed by atoms with Crippen LogP contribution in [-0.2, 0) is 6.18 Å². The lowest BCUT2D eigenvalue weighted by Crippen LogP contribution is -2.03. The van der Waals surface area contributed by atoms with Gasteiger partial charge in [-0.15, -0.1) is 11.3 Å². The Morgan fingerprint density at radius 2 is 1.95 bits per heavy atom. The summed E-state index contributed by atoms with van der Waals surface area (Å²) >= 11 is 1.23. The molecule has 2 aromatic heterocycles. The van der Waals surface area contributed by atoms with Crippen molar-refractivity contribution in [2.45, 2.75) is 6.18 Å². The maximum Gasteiger partial charge on any atom is 0.416 e. The number of thiazole rings is 1. The molecule has 0 fully saturated rings. The second-order valence-electron chi connectivity index (χ2n) is 3.94. The standard InChI is InChI=1S/C13H7F3N2S/c14-13(15,16)9-3-4-10-11(6-9)19-12(18-10)8-2-1-5-17-7-8/h1-7H. The summed E-state index contributed by atoms with van der Waals surface area (Å²) in [6.45, 7) is 0. The van der Waals surface area contributed by atoms with Gasteiger partial charge in [-0.25, -0.2) is 4.98 Å². The third-order valence-electron chi connectivity index (χ3n) is 2.62. The van der Waals surface area contributed by atoms with Gasteiger partial charge in [-0.05, 0) is 30.3 Å². The first-order valence-corrected chi connectivity index (χ1v) is 6.24. The molecule has 19 heavy (non-hydrogen) atoms. The molecule has 0 N–H and O–H groups in total. The number of alkyl halides is 3. The molecule has 0 amide bonds. The highest BCUT2D eigenvalue weighted by Gasteiger charge is 2.30. The van der Waals surface area contributed by atoms with E-state index in [4.69, 9.17) is 0 Å². The smallest absolute Gasteiger partial charge is 0.264 e. The molecule has 0 spiro atoms. The zero-order valence-corrected chi connectivity index (χ0v) is 10.3. The maximum absolute atomic E-state index is 12.6. The van der Waals surface area contributed by atoms with Crippen molar-refractivity contribution in [3.8, 4) is 10.6 Å². The van der Waals surface area contributed by atoms with E-state index in [1.807, 2.05) is 6.07 Å². The average molecular weight is 280 g/mol. The molecule has 3 aromatic rings. The molecular weight excluding hydrogens is 273 g/mol. The van der Waals surface area contributed by atoms with Crippen molar-refractivity contribution in [1.29, 1.82) is 0 Å². The first-order valence-electron chi connectivity index (χ1n) is 5.42. The van der Waals surface area contributed by atoms with Gasteiger partial charge in [-0.2, -0.15) is 13.2 Å². The molecule has 0 saturated heterocycles. The van der Waals surface area contributed by atoms with E-state index >= 15 is 0 Å². The van der Waals surface area contributed by atoms with Crippen LogP contribution < -0.4 is 0 Å². The van der Waals surface area contributed by atoms with Crippen molar-refractivity contribution in [2.24, 2.45) is 0 Å². The van der Waals surface area contributed by atoms with Crippen LogP contribution in [0.2, 0.25) is 0 Å². The van der Waals surface area contributed by atoms with Gasteiger partial charge < -0.3 is 0 Å². The van der Waals surface area contributed by atoms with E-state index in [0.29, 0.717) is 15.2 Å². The molecule has 0 radical (unpaired) electrons. The van der Waals surface area contributed by atoms with E-state index in [9.17, 15) is 13.2 Å². The van der Waals surface area contributed by atoms with Crippen LogP contribution in [0.3, 0.4) is 0 Å². The summed E-state index contributed by atoms with van der Waals surface area (Å²) in [5, 5.41) is 0.669. The molecule has 0 unspecified atom stereocenters. The van der Waals surface area contributed by atoms with Crippen molar-refractivity contribution >= 4 is 21.6 Å². The summed E-state index contributed by atoms with van der Waals surface area (Å²) in [5.74, 6) is 0. The molecule has 0 saturated carbocycles. The molecule has 2 heterocycles. The number of benzene rings is 1. The van der Waals surface area contributed by atoms with E-state index in [0.717, 1.165) is 17.7 Å². The predicted octanol–water partition coefficient (Wildman–Crippen LogP) is 4.38. The first-order chi connectivity index (χ1) is 9.04. The van der Waals surface area contributed by atoms with Gasteiger partial charge in [-0.3, -0.25) is 4.98 Å². The number of fused-ring (bicyclic) bond motifs is 1. The van der Waals surface area contributed by atoms with Crippen LogP contribution in [0, 0.1) is 0 Å². The number of hydrogen-bond donors (Lipinski definition) is 0.